The van der Waals surface area contributed by atoms with E-state index in [1.807, 2.05) is 0 Å². The number of aryl methyl sites for hydroxylation is 1. The fourth-order valence-electron chi connectivity index (χ4n) is 4.14. The van der Waals surface area contributed by atoms with Gasteiger partial charge in [0.1, 0.15) is 0 Å². The minimum Gasteiger partial charge on any atom is -0.315 e. The van der Waals surface area contributed by atoms with Crippen LogP contribution in [0.1, 0.15) is 36.1 Å². The summed E-state index contributed by atoms with van der Waals surface area (Å²) in [6, 6.07) is 25.1. The van der Waals surface area contributed by atoms with Crippen molar-refractivity contribution in [3.8, 4) is 0 Å². The summed E-state index contributed by atoms with van der Waals surface area (Å²) in [5, 5.41) is 6.25. The van der Waals surface area contributed by atoms with Gasteiger partial charge in [0, 0.05) is 19.6 Å². The molecule has 3 aromatic carbocycles. The van der Waals surface area contributed by atoms with Gasteiger partial charge in [-0.05, 0) is 46.8 Å². The van der Waals surface area contributed by atoms with Crippen LogP contribution in [0, 0.1) is 0 Å². The van der Waals surface area contributed by atoms with Crippen LogP contribution in [0.3, 0.4) is 0 Å². The predicted molar refractivity (Wildman–Crippen MR) is 111 cm³/mol. The first-order valence-corrected chi connectivity index (χ1v) is 9.88. The summed E-state index contributed by atoms with van der Waals surface area (Å²) < 4.78 is 0. The van der Waals surface area contributed by atoms with E-state index in [4.69, 9.17) is 0 Å². The van der Waals surface area contributed by atoms with E-state index in [0.717, 1.165) is 32.6 Å². The highest BCUT2D eigenvalue weighted by Gasteiger charge is 2.24. The molecule has 134 valence electrons. The van der Waals surface area contributed by atoms with Gasteiger partial charge < -0.3 is 5.32 Å². The quantitative estimate of drug-likeness (QED) is 0.732. The van der Waals surface area contributed by atoms with E-state index in [1.165, 1.54) is 33.9 Å². The molecule has 1 heterocycles. The minimum atomic E-state index is 0.312. The van der Waals surface area contributed by atoms with Crippen molar-refractivity contribution in [2.45, 2.75) is 25.8 Å². The van der Waals surface area contributed by atoms with Crippen LogP contribution in [-0.2, 0) is 6.42 Å². The zero-order valence-electron chi connectivity index (χ0n) is 15.6. The maximum absolute atomic E-state index is 3.55. The van der Waals surface area contributed by atoms with Crippen molar-refractivity contribution in [3.63, 3.8) is 0 Å². The maximum atomic E-state index is 3.55. The van der Waals surface area contributed by atoms with Gasteiger partial charge in [-0.25, -0.2) is 0 Å². The third kappa shape index (κ3) is 3.53. The Labute approximate surface area is 156 Å². The molecule has 26 heavy (non-hydrogen) atoms. The van der Waals surface area contributed by atoms with Crippen molar-refractivity contribution in [1.29, 1.82) is 0 Å². The molecule has 0 aromatic heterocycles. The molecule has 2 heteroatoms. The van der Waals surface area contributed by atoms with Crippen molar-refractivity contribution < 1.29 is 0 Å². The SMILES string of the molecule is CCc1ccc(C(c2cccc3ccccc23)N2CCCNCC2)cc1. The Morgan fingerprint density at radius 2 is 1.69 bits per heavy atom. The standard InChI is InChI=1S/C24H28N2/c1-2-19-11-13-21(14-12-19)24(26-17-6-15-25-16-18-26)23-10-5-8-20-7-3-4-9-22(20)23/h3-5,7-14,24-25H,2,6,15-18H2,1H3. The molecule has 1 N–H and O–H groups in total. The highest BCUT2D eigenvalue weighted by molar-refractivity contribution is 5.86. The van der Waals surface area contributed by atoms with Crippen molar-refractivity contribution in [1.82, 2.24) is 10.2 Å². The predicted octanol–water partition coefficient (Wildman–Crippen LogP) is 4.79. The van der Waals surface area contributed by atoms with E-state index >= 15 is 0 Å². The van der Waals surface area contributed by atoms with Crippen molar-refractivity contribution in [3.05, 3.63) is 83.4 Å². The average Bonchev–Trinajstić information content (AvgIpc) is 2.98. The second-order valence-corrected chi connectivity index (χ2v) is 7.21. The van der Waals surface area contributed by atoms with E-state index < -0.39 is 0 Å². The van der Waals surface area contributed by atoms with E-state index in [9.17, 15) is 0 Å². The Morgan fingerprint density at radius 3 is 2.54 bits per heavy atom. The molecule has 1 atom stereocenters. The number of nitrogens with one attached hydrogen (secondary N) is 1. The Balaban J connectivity index is 1.83. The van der Waals surface area contributed by atoms with Crippen molar-refractivity contribution in [2.75, 3.05) is 26.2 Å². The summed E-state index contributed by atoms with van der Waals surface area (Å²) in [7, 11) is 0. The lowest BCUT2D eigenvalue weighted by atomic mass is 9.91. The smallest absolute Gasteiger partial charge is 0.0608 e. The normalized spacial score (nSPS) is 17.1. The molecular formula is C24H28N2. The van der Waals surface area contributed by atoms with Crippen molar-refractivity contribution >= 4 is 10.8 Å². The lowest BCUT2D eigenvalue weighted by molar-refractivity contribution is 0.242. The first-order valence-electron chi connectivity index (χ1n) is 9.88. The van der Waals surface area contributed by atoms with Crippen LogP contribution in [-0.4, -0.2) is 31.1 Å². The van der Waals surface area contributed by atoms with Gasteiger partial charge in [0.2, 0.25) is 0 Å². The number of benzene rings is 3. The Morgan fingerprint density at radius 1 is 0.885 bits per heavy atom. The molecular weight excluding hydrogens is 316 g/mol. The van der Waals surface area contributed by atoms with E-state index in [1.54, 1.807) is 0 Å². The van der Waals surface area contributed by atoms with E-state index in [2.05, 4.69) is 83.9 Å². The van der Waals surface area contributed by atoms with Gasteiger partial charge in [-0.15, -0.1) is 0 Å². The van der Waals surface area contributed by atoms with Gasteiger partial charge in [-0.3, -0.25) is 4.90 Å². The summed E-state index contributed by atoms with van der Waals surface area (Å²) in [6.07, 6.45) is 2.29. The monoisotopic (exact) mass is 344 g/mol. The second kappa shape index (κ2) is 8.03. The van der Waals surface area contributed by atoms with Gasteiger partial charge in [0.05, 0.1) is 6.04 Å². The van der Waals surface area contributed by atoms with Crippen LogP contribution in [0.2, 0.25) is 0 Å². The maximum Gasteiger partial charge on any atom is 0.0608 e. The Hall–Kier alpha value is -2.16. The summed E-state index contributed by atoms with van der Waals surface area (Å²) in [6.45, 7) is 6.62. The van der Waals surface area contributed by atoms with Crippen LogP contribution in [0.4, 0.5) is 0 Å². The zero-order chi connectivity index (χ0) is 17.8. The largest absolute Gasteiger partial charge is 0.315 e. The summed E-state index contributed by atoms with van der Waals surface area (Å²) in [5.74, 6) is 0. The zero-order valence-corrected chi connectivity index (χ0v) is 15.6. The van der Waals surface area contributed by atoms with Crippen LogP contribution in [0.25, 0.3) is 10.8 Å². The molecule has 0 amide bonds. The second-order valence-electron chi connectivity index (χ2n) is 7.21. The Kier molecular flexibility index (Phi) is 5.33. The molecule has 4 rings (SSSR count). The van der Waals surface area contributed by atoms with Crippen molar-refractivity contribution in [2.24, 2.45) is 0 Å². The molecule has 1 aliphatic rings. The number of fused-ring (bicyclic) bond motifs is 1. The molecule has 1 fully saturated rings. The highest BCUT2D eigenvalue weighted by Crippen LogP contribution is 2.34. The van der Waals surface area contributed by atoms with E-state index in [-0.39, 0.29) is 0 Å². The molecule has 0 spiro atoms. The third-order valence-electron chi connectivity index (χ3n) is 5.56. The topological polar surface area (TPSA) is 15.3 Å². The molecule has 0 radical (unpaired) electrons. The molecule has 1 saturated heterocycles. The van der Waals surface area contributed by atoms with Crippen LogP contribution in [0.5, 0.6) is 0 Å². The number of hydrogen-bond donors (Lipinski definition) is 1. The molecule has 0 saturated carbocycles. The molecule has 0 aliphatic carbocycles. The summed E-state index contributed by atoms with van der Waals surface area (Å²) in [4.78, 5) is 2.66. The number of nitrogens with zero attached hydrogens (tertiary/aromatic N) is 1. The van der Waals surface area contributed by atoms with Crippen LogP contribution >= 0.6 is 0 Å². The van der Waals surface area contributed by atoms with Crippen LogP contribution < -0.4 is 5.32 Å². The molecule has 2 nitrogen and oxygen atoms in total. The molecule has 1 unspecified atom stereocenters. The van der Waals surface area contributed by atoms with Gasteiger partial charge >= 0.3 is 0 Å². The van der Waals surface area contributed by atoms with Gasteiger partial charge in [0.15, 0.2) is 0 Å². The molecule has 1 aliphatic heterocycles. The number of hydrogen-bond acceptors (Lipinski definition) is 2. The highest BCUT2D eigenvalue weighted by atomic mass is 15.2. The lowest BCUT2D eigenvalue weighted by Gasteiger charge is -2.32. The fraction of sp³-hybridized carbons (Fsp3) is 0.333. The number of rotatable bonds is 4. The van der Waals surface area contributed by atoms with E-state index in [0.29, 0.717) is 6.04 Å². The molecule has 0 bridgehead atoms. The average molecular weight is 345 g/mol. The first-order chi connectivity index (χ1) is 12.9. The molecule has 3 aromatic rings. The van der Waals surface area contributed by atoms with Gasteiger partial charge in [0.25, 0.3) is 0 Å². The minimum absolute atomic E-state index is 0.312. The summed E-state index contributed by atoms with van der Waals surface area (Å²) >= 11 is 0. The third-order valence-corrected chi connectivity index (χ3v) is 5.56. The van der Waals surface area contributed by atoms with Gasteiger partial charge in [-0.1, -0.05) is 73.7 Å². The van der Waals surface area contributed by atoms with Crippen LogP contribution in [0.15, 0.2) is 66.7 Å². The lowest BCUT2D eigenvalue weighted by Crippen LogP contribution is -2.33. The Bertz CT molecular complexity index is 840. The van der Waals surface area contributed by atoms with Gasteiger partial charge in [-0.2, -0.15) is 0 Å². The fourth-order valence-corrected chi connectivity index (χ4v) is 4.14. The summed E-state index contributed by atoms with van der Waals surface area (Å²) in [5.41, 5.74) is 4.23. The first kappa shape index (κ1) is 17.3.